The van der Waals surface area contributed by atoms with E-state index in [-0.39, 0.29) is 12.3 Å². The predicted molar refractivity (Wildman–Crippen MR) is 90.7 cm³/mol. The Kier molecular flexibility index (Phi) is 5.50. The summed E-state index contributed by atoms with van der Waals surface area (Å²) in [4.78, 5) is 28.3. The predicted octanol–water partition coefficient (Wildman–Crippen LogP) is 3.81. The second kappa shape index (κ2) is 7.39. The summed E-state index contributed by atoms with van der Waals surface area (Å²) in [6.45, 7) is 5.28. The molecule has 0 atom stereocenters. The molecule has 24 heavy (non-hydrogen) atoms. The van der Waals surface area contributed by atoms with Crippen LogP contribution in [0, 0.1) is 5.82 Å². The van der Waals surface area contributed by atoms with Crippen LogP contribution in [0.1, 0.15) is 25.6 Å². The second-order valence-electron chi connectivity index (χ2n) is 5.99. The number of carbonyl (C=O) groups excluding carboxylic acids is 2. The summed E-state index contributed by atoms with van der Waals surface area (Å²) in [6, 6.07) is 5.65. The van der Waals surface area contributed by atoms with Gasteiger partial charge in [0.1, 0.15) is 11.4 Å². The van der Waals surface area contributed by atoms with E-state index in [1.165, 1.54) is 35.7 Å². The maximum absolute atomic E-state index is 13.1. The van der Waals surface area contributed by atoms with Crippen molar-refractivity contribution in [1.82, 2.24) is 4.98 Å². The van der Waals surface area contributed by atoms with Crippen LogP contribution in [0.15, 0.2) is 30.5 Å². The third kappa shape index (κ3) is 5.96. The highest BCUT2D eigenvalue weighted by molar-refractivity contribution is 7.15. The molecule has 1 aromatic carbocycles. The number of thiazole rings is 1. The number of nitrogens with one attached hydrogen (secondary N) is 2. The minimum atomic E-state index is -0.604. The highest BCUT2D eigenvalue weighted by Gasteiger charge is 2.17. The zero-order valence-electron chi connectivity index (χ0n) is 13.6. The van der Waals surface area contributed by atoms with Crippen molar-refractivity contribution in [3.63, 3.8) is 0 Å². The van der Waals surface area contributed by atoms with Gasteiger partial charge in [0.25, 0.3) is 0 Å². The lowest BCUT2D eigenvalue weighted by atomic mass is 10.2. The Hall–Kier alpha value is -2.48. The Morgan fingerprint density at radius 3 is 2.71 bits per heavy atom. The fourth-order valence-corrected chi connectivity index (χ4v) is 2.56. The van der Waals surface area contributed by atoms with Gasteiger partial charge < -0.3 is 10.1 Å². The Morgan fingerprint density at radius 2 is 2.04 bits per heavy atom. The number of benzene rings is 1. The van der Waals surface area contributed by atoms with Crippen LogP contribution >= 0.6 is 11.3 Å². The molecule has 0 bridgehead atoms. The van der Waals surface area contributed by atoms with Gasteiger partial charge in [-0.05, 0) is 39.0 Å². The van der Waals surface area contributed by atoms with Gasteiger partial charge in [-0.15, -0.1) is 11.3 Å². The van der Waals surface area contributed by atoms with Crippen molar-refractivity contribution in [2.24, 2.45) is 0 Å². The number of rotatable bonds is 4. The molecule has 1 aromatic heterocycles. The van der Waals surface area contributed by atoms with E-state index in [9.17, 15) is 14.0 Å². The van der Waals surface area contributed by atoms with E-state index >= 15 is 0 Å². The minimum Gasteiger partial charge on any atom is -0.444 e. The second-order valence-corrected chi connectivity index (χ2v) is 7.11. The van der Waals surface area contributed by atoms with Gasteiger partial charge in [0.15, 0.2) is 5.13 Å². The van der Waals surface area contributed by atoms with Crippen LogP contribution in [0.4, 0.5) is 20.0 Å². The van der Waals surface area contributed by atoms with Crippen molar-refractivity contribution in [3.8, 4) is 0 Å². The fourth-order valence-electron chi connectivity index (χ4n) is 1.77. The molecule has 2 rings (SSSR count). The number of ether oxygens (including phenoxy) is 1. The normalized spacial score (nSPS) is 11.0. The average Bonchev–Trinajstić information content (AvgIpc) is 2.83. The van der Waals surface area contributed by atoms with Crippen LogP contribution in [0.3, 0.4) is 0 Å². The first kappa shape index (κ1) is 17.9. The maximum atomic E-state index is 13.1. The molecule has 1 heterocycles. The molecule has 2 aromatic rings. The molecule has 8 heteroatoms. The zero-order chi connectivity index (χ0) is 17.7. The van der Waals surface area contributed by atoms with Crippen LogP contribution in [-0.4, -0.2) is 22.6 Å². The molecule has 2 amide bonds. The number of amides is 2. The molecular formula is C16H18FN3O3S. The summed E-state index contributed by atoms with van der Waals surface area (Å²) in [5.74, 6) is -0.720. The molecule has 128 valence electrons. The number of hydrogen-bond donors (Lipinski definition) is 2. The first-order valence-electron chi connectivity index (χ1n) is 7.21. The highest BCUT2D eigenvalue weighted by atomic mass is 32.1. The number of hydrogen-bond acceptors (Lipinski definition) is 5. The molecule has 2 N–H and O–H groups in total. The molecule has 0 saturated heterocycles. The molecule has 6 nitrogen and oxygen atoms in total. The summed E-state index contributed by atoms with van der Waals surface area (Å²) in [5, 5.41) is 5.46. The average molecular weight is 351 g/mol. The molecule has 0 unspecified atom stereocenters. The lowest BCUT2D eigenvalue weighted by Crippen LogP contribution is -2.27. The maximum Gasteiger partial charge on any atom is 0.413 e. The van der Waals surface area contributed by atoms with E-state index in [0.717, 1.165) is 0 Å². The Balaban J connectivity index is 1.89. The first-order chi connectivity index (χ1) is 11.2. The zero-order valence-corrected chi connectivity index (χ0v) is 14.4. The summed E-state index contributed by atoms with van der Waals surface area (Å²) in [6.07, 6.45) is 0.972. The van der Waals surface area contributed by atoms with Crippen LogP contribution in [0.25, 0.3) is 0 Å². The van der Waals surface area contributed by atoms with Crippen LogP contribution < -0.4 is 10.6 Å². The number of aromatic nitrogens is 1. The van der Waals surface area contributed by atoms with Gasteiger partial charge in [0.2, 0.25) is 5.91 Å². The van der Waals surface area contributed by atoms with Crippen LogP contribution in [0.2, 0.25) is 0 Å². The van der Waals surface area contributed by atoms with Gasteiger partial charge in [0.05, 0.1) is 6.42 Å². The fraction of sp³-hybridized carbons (Fsp3) is 0.312. The molecule has 0 spiro atoms. The Labute approximate surface area is 143 Å². The highest BCUT2D eigenvalue weighted by Crippen LogP contribution is 2.20. The smallest absolute Gasteiger partial charge is 0.413 e. The molecule has 0 saturated carbocycles. The van der Waals surface area contributed by atoms with Gasteiger partial charge >= 0.3 is 6.09 Å². The third-order valence-corrected chi connectivity index (χ3v) is 3.52. The number of halogens is 1. The van der Waals surface area contributed by atoms with Crippen molar-refractivity contribution >= 4 is 34.2 Å². The third-order valence-electron chi connectivity index (χ3n) is 2.60. The topological polar surface area (TPSA) is 80.3 Å². The first-order valence-corrected chi connectivity index (χ1v) is 8.03. The summed E-state index contributed by atoms with van der Waals surface area (Å²) < 4.78 is 18.2. The van der Waals surface area contributed by atoms with Gasteiger partial charge in [-0.2, -0.15) is 0 Å². The van der Waals surface area contributed by atoms with Crippen molar-refractivity contribution in [2.45, 2.75) is 32.8 Å². The summed E-state index contributed by atoms with van der Waals surface area (Å²) in [7, 11) is 0. The van der Waals surface area contributed by atoms with E-state index in [1.807, 2.05) is 0 Å². The van der Waals surface area contributed by atoms with E-state index in [4.69, 9.17) is 4.74 Å². The largest absolute Gasteiger partial charge is 0.444 e. The Bertz CT molecular complexity index is 740. The van der Waals surface area contributed by atoms with Crippen molar-refractivity contribution in [3.05, 3.63) is 41.2 Å². The van der Waals surface area contributed by atoms with E-state index in [1.54, 1.807) is 26.8 Å². The van der Waals surface area contributed by atoms with E-state index < -0.39 is 17.5 Å². The lowest BCUT2D eigenvalue weighted by molar-refractivity contribution is -0.115. The summed E-state index contributed by atoms with van der Waals surface area (Å²) >= 11 is 1.17. The van der Waals surface area contributed by atoms with E-state index in [0.29, 0.717) is 15.7 Å². The van der Waals surface area contributed by atoms with Crippen LogP contribution in [0.5, 0.6) is 0 Å². The van der Waals surface area contributed by atoms with Gasteiger partial charge in [0, 0.05) is 16.8 Å². The van der Waals surface area contributed by atoms with Crippen LogP contribution in [-0.2, 0) is 16.0 Å². The van der Waals surface area contributed by atoms with Gasteiger partial charge in [-0.3, -0.25) is 10.1 Å². The Morgan fingerprint density at radius 1 is 1.29 bits per heavy atom. The lowest BCUT2D eigenvalue weighted by Gasteiger charge is -2.18. The van der Waals surface area contributed by atoms with Gasteiger partial charge in [-0.25, -0.2) is 14.2 Å². The molecule has 0 aliphatic rings. The molecule has 0 aliphatic carbocycles. The summed E-state index contributed by atoms with van der Waals surface area (Å²) in [5.41, 5.74) is -0.216. The SMILES string of the molecule is CC(C)(C)OC(=O)Nc1ncc(CC(=O)Nc2cccc(F)c2)s1. The van der Waals surface area contributed by atoms with Gasteiger partial charge in [-0.1, -0.05) is 6.07 Å². The van der Waals surface area contributed by atoms with E-state index in [2.05, 4.69) is 15.6 Å². The number of carbonyl (C=O) groups is 2. The van der Waals surface area contributed by atoms with Crippen molar-refractivity contribution in [1.29, 1.82) is 0 Å². The molecule has 0 radical (unpaired) electrons. The number of anilines is 2. The standard InChI is InChI=1S/C16H18FN3O3S/c1-16(2,3)23-15(22)20-14-18-9-12(24-14)8-13(21)19-11-6-4-5-10(17)7-11/h4-7,9H,8H2,1-3H3,(H,19,21)(H,18,20,22). The van der Waals surface area contributed by atoms with Crippen molar-refractivity contribution < 1.29 is 18.7 Å². The number of nitrogens with zero attached hydrogens (tertiary/aromatic N) is 1. The minimum absolute atomic E-state index is 0.0736. The monoisotopic (exact) mass is 351 g/mol. The van der Waals surface area contributed by atoms with Crippen molar-refractivity contribution in [2.75, 3.05) is 10.6 Å². The molecule has 0 fully saturated rings. The quantitative estimate of drug-likeness (QED) is 0.878. The molecular weight excluding hydrogens is 333 g/mol. The molecule has 0 aliphatic heterocycles.